The van der Waals surface area contributed by atoms with Crippen molar-refractivity contribution in [3.8, 4) is 0 Å². The average molecular weight is 234 g/mol. The lowest BCUT2D eigenvalue weighted by Gasteiger charge is -2.28. The van der Waals surface area contributed by atoms with Crippen molar-refractivity contribution in [3.63, 3.8) is 0 Å². The molecule has 17 heavy (non-hydrogen) atoms. The van der Waals surface area contributed by atoms with Crippen LogP contribution in [0.4, 0.5) is 0 Å². The second-order valence-corrected chi connectivity index (χ2v) is 5.41. The lowest BCUT2D eigenvalue weighted by atomic mass is 9.84. The molecule has 0 amide bonds. The lowest BCUT2D eigenvalue weighted by Crippen LogP contribution is -2.53. The van der Waals surface area contributed by atoms with Crippen molar-refractivity contribution in [2.24, 2.45) is 0 Å². The molecule has 4 heteroatoms. The molecule has 0 saturated carbocycles. The van der Waals surface area contributed by atoms with Gasteiger partial charge in [0.25, 0.3) is 0 Å². The van der Waals surface area contributed by atoms with E-state index in [0.29, 0.717) is 5.84 Å². The molecule has 0 atom stereocenters. The molecular formula is C13H18N2O2+. The SMILES string of the molecule is CC1(C)N(O)C(c2ccccc2)=[N+]([O])C1(C)C. The largest absolute Gasteiger partial charge is 0.354 e. The van der Waals surface area contributed by atoms with Crippen LogP contribution in [0.3, 0.4) is 0 Å². The summed E-state index contributed by atoms with van der Waals surface area (Å²) in [7, 11) is 0. The minimum Gasteiger partial charge on any atom is -0.208 e. The van der Waals surface area contributed by atoms with E-state index in [1.165, 1.54) is 0 Å². The molecule has 0 bridgehead atoms. The summed E-state index contributed by atoms with van der Waals surface area (Å²) in [5, 5.41) is 23.6. The molecule has 1 aliphatic heterocycles. The maximum absolute atomic E-state index is 12.3. The fourth-order valence-electron chi connectivity index (χ4n) is 1.95. The molecule has 1 aromatic carbocycles. The first-order valence-electron chi connectivity index (χ1n) is 5.69. The number of nitrogens with zero attached hydrogens (tertiary/aromatic N) is 2. The van der Waals surface area contributed by atoms with Crippen LogP contribution < -0.4 is 0 Å². The highest BCUT2D eigenvalue weighted by atomic mass is 16.5. The second-order valence-electron chi connectivity index (χ2n) is 5.41. The first-order chi connectivity index (χ1) is 7.80. The molecular weight excluding hydrogens is 216 g/mol. The predicted molar refractivity (Wildman–Crippen MR) is 63.3 cm³/mol. The van der Waals surface area contributed by atoms with E-state index >= 15 is 0 Å². The third-order valence-electron chi connectivity index (χ3n) is 3.96. The molecule has 0 fully saturated rings. The summed E-state index contributed by atoms with van der Waals surface area (Å²) in [5.74, 6) is 0.306. The Kier molecular flexibility index (Phi) is 2.43. The Hall–Kier alpha value is -1.55. The quantitative estimate of drug-likeness (QED) is 0.756. The van der Waals surface area contributed by atoms with Gasteiger partial charge in [0.2, 0.25) is 0 Å². The van der Waals surface area contributed by atoms with Gasteiger partial charge in [0.05, 0.1) is 5.56 Å². The van der Waals surface area contributed by atoms with Crippen molar-refractivity contribution in [2.75, 3.05) is 0 Å². The Balaban J connectivity index is 2.59. The third kappa shape index (κ3) is 1.44. The number of hydrogen-bond acceptors (Lipinski definition) is 2. The molecule has 0 saturated heterocycles. The third-order valence-corrected chi connectivity index (χ3v) is 3.96. The van der Waals surface area contributed by atoms with Crippen LogP contribution in [0.25, 0.3) is 0 Å². The van der Waals surface area contributed by atoms with Crippen LogP contribution in [-0.2, 0) is 5.21 Å². The van der Waals surface area contributed by atoms with Crippen molar-refractivity contribution in [1.29, 1.82) is 0 Å². The summed E-state index contributed by atoms with van der Waals surface area (Å²) in [6.07, 6.45) is 0. The Bertz CT molecular complexity index is 464. The summed E-state index contributed by atoms with van der Waals surface area (Å²) >= 11 is 0. The highest BCUT2D eigenvalue weighted by Crippen LogP contribution is 2.36. The van der Waals surface area contributed by atoms with E-state index in [2.05, 4.69) is 0 Å². The van der Waals surface area contributed by atoms with Crippen molar-refractivity contribution in [2.45, 2.75) is 38.8 Å². The van der Waals surface area contributed by atoms with E-state index in [9.17, 15) is 10.4 Å². The van der Waals surface area contributed by atoms with Gasteiger partial charge >= 0.3 is 5.84 Å². The fourth-order valence-corrected chi connectivity index (χ4v) is 1.95. The summed E-state index contributed by atoms with van der Waals surface area (Å²) in [6.45, 7) is 7.38. The number of benzene rings is 1. The molecule has 4 nitrogen and oxygen atoms in total. The lowest BCUT2D eigenvalue weighted by molar-refractivity contribution is -0.854. The molecule has 91 valence electrons. The van der Waals surface area contributed by atoms with Gasteiger partial charge in [-0.25, -0.2) is 5.21 Å². The predicted octanol–water partition coefficient (Wildman–Crippen LogP) is 2.05. The van der Waals surface area contributed by atoms with Gasteiger partial charge in [-0.2, -0.15) is 0 Å². The van der Waals surface area contributed by atoms with Crippen LogP contribution in [-0.4, -0.2) is 31.9 Å². The van der Waals surface area contributed by atoms with E-state index in [1.807, 2.05) is 58.0 Å². The van der Waals surface area contributed by atoms with E-state index in [4.69, 9.17) is 0 Å². The minimum absolute atomic E-state index is 0.306. The smallest absolute Gasteiger partial charge is 0.208 e. The van der Waals surface area contributed by atoms with Crippen molar-refractivity contribution >= 4 is 5.84 Å². The van der Waals surface area contributed by atoms with Gasteiger partial charge in [-0.05, 0) is 44.6 Å². The first-order valence-corrected chi connectivity index (χ1v) is 5.69. The summed E-state index contributed by atoms with van der Waals surface area (Å²) in [5.41, 5.74) is -0.601. The van der Waals surface area contributed by atoms with Crippen LogP contribution in [0.5, 0.6) is 0 Å². The van der Waals surface area contributed by atoms with Crippen molar-refractivity contribution in [1.82, 2.24) is 5.06 Å². The van der Waals surface area contributed by atoms with Gasteiger partial charge < -0.3 is 0 Å². The summed E-state index contributed by atoms with van der Waals surface area (Å²) < 4.78 is 0.891. The Morgan fingerprint density at radius 1 is 1.12 bits per heavy atom. The summed E-state index contributed by atoms with van der Waals surface area (Å²) in [6, 6.07) is 9.22. The van der Waals surface area contributed by atoms with Crippen molar-refractivity contribution < 1.29 is 15.2 Å². The van der Waals surface area contributed by atoms with E-state index < -0.39 is 11.1 Å². The van der Waals surface area contributed by atoms with Gasteiger partial charge in [0, 0.05) is 0 Å². The average Bonchev–Trinajstić information content (AvgIpc) is 2.40. The van der Waals surface area contributed by atoms with Gasteiger partial charge in [0.1, 0.15) is 0 Å². The van der Waals surface area contributed by atoms with Crippen LogP contribution in [0.15, 0.2) is 30.3 Å². The molecule has 1 radical (unpaired) electrons. The number of rotatable bonds is 1. The molecule has 0 aliphatic carbocycles. The minimum atomic E-state index is -0.688. The molecule has 1 aliphatic rings. The maximum Gasteiger partial charge on any atom is 0.354 e. The second kappa shape index (κ2) is 3.47. The number of hydrogen-bond donors (Lipinski definition) is 1. The fraction of sp³-hybridized carbons (Fsp3) is 0.462. The Morgan fingerprint density at radius 2 is 1.65 bits per heavy atom. The van der Waals surface area contributed by atoms with Gasteiger partial charge in [0.15, 0.2) is 11.1 Å². The Morgan fingerprint density at radius 3 is 2.06 bits per heavy atom. The van der Waals surface area contributed by atoms with Crippen molar-refractivity contribution in [3.05, 3.63) is 35.9 Å². The molecule has 0 unspecified atom stereocenters. The normalized spacial score (nSPS) is 22.1. The van der Waals surface area contributed by atoms with Crippen LogP contribution >= 0.6 is 0 Å². The molecule has 2 rings (SSSR count). The monoisotopic (exact) mass is 234 g/mol. The van der Waals surface area contributed by atoms with E-state index in [-0.39, 0.29) is 0 Å². The van der Waals surface area contributed by atoms with E-state index in [0.717, 1.165) is 15.4 Å². The molecule has 1 N–H and O–H groups in total. The first kappa shape index (κ1) is 11.9. The zero-order chi connectivity index (χ0) is 12.8. The Labute approximate surface area is 101 Å². The molecule has 1 aromatic rings. The standard InChI is InChI=1S/C13H18N2O2/c1-12(2)13(3,4)15(17)11(14(12)16)10-8-6-5-7-9-10/h5-9,16H,1-4H3/q+1. The number of hydroxylamine groups is 3. The van der Waals surface area contributed by atoms with Gasteiger partial charge in [-0.3, -0.25) is 0 Å². The maximum atomic E-state index is 12.3. The molecule has 0 aromatic heterocycles. The molecule has 0 spiro atoms. The highest BCUT2D eigenvalue weighted by molar-refractivity contribution is 5.95. The van der Waals surface area contributed by atoms with Gasteiger partial charge in [-0.15, -0.1) is 5.06 Å². The topological polar surface area (TPSA) is 46.4 Å². The number of amidine groups is 1. The van der Waals surface area contributed by atoms with E-state index in [1.54, 1.807) is 0 Å². The highest BCUT2D eigenvalue weighted by Gasteiger charge is 2.63. The van der Waals surface area contributed by atoms with Crippen LogP contribution in [0.2, 0.25) is 0 Å². The molecule has 1 heterocycles. The zero-order valence-electron chi connectivity index (χ0n) is 10.6. The summed E-state index contributed by atoms with van der Waals surface area (Å²) in [4.78, 5) is 0. The van der Waals surface area contributed by atoms with Crippen LogP contribution in [0, 0.1) is 0 Å². The van der Waals surface area contributed by atoms with Gasteiger partial charge in [-0.1, -0.05) is 23.4 Å². The zero-order valence-corrected chi connectivity index (χ0v) is 10.6. The van der Waals surface area contributed by atoms with Crippen LogP contribution in [0.1, 0.15) is 33.3 Å².